The highest BCUT2D eigenvalue weighted by molar-refractivity contribution is 6.29. The van der Waals surface area contributed by atoms with Gasteiger partial charge < -0.3 is 9.73 Å². The van der Waals surface area contributed by atoms with Crippen LogP contribution in [-0.2, 0) is 6.54 Å². The number of rotatable bonds is 3. The SMILES string of the molecule is Cc1nnc(NCc2ccc(Cl)nc2)o1. The Hall–Kier alpha value is -1.62. The van der Waals surface area contributed by atoms with E-state index in [1.165, 1.54) is 0 Å². The highest BCUT2D eigenvalue weighted by Crippen LogP contribution is 2.08. The van der Waals surface area contributed by atoms with E-state index < -0.39 is 0 Å². The van der Waals surface area contributed by atoms with E-state index in [-0.39, 0.29) is 0 Å². The Balaban J connectivity index is 1.96. The summed E-state index contributed by atoms with van der Waals surface area (Å²) in [5.74, 6) is 0.534. The van der Waals surface area contributed by atoms with Crippen LogP contribution in [0.15, 0.2) is 22.7 Å². The highest BCUT2D eigenvalue weighted by Gasteiger charge is 2.01. The second-order valence-corrected chi connectivity index (χ2v) is 3.36. The summed E-state index contributed by atoms with van der Waals surface area (Å²) >= 11 is 5.66. The molecule has 0 aliphatic rings. The van der Waals surface area contributed by atoms with Gasteiger partial charge >= 0.3 is 6.01 Å². The van der Waals surface area contributed by atoms with Crippen molar-refractivity contribution >= 4 is 17.6 Å². The van der Waals surface area contributed by atoms with Crippen molar-refractivity contribution in [3.8, 4) is 0 Å². The van der Waals surface area contributed by atoms with Crippen molar-refractivity contribution in [3.05, 3.63) is 34.9 Å². The van der Waals surface area contributed by atoms with Gasteiger partial charge in [-0.1, -0.05) is 22.8 Å². The lowest BCUT2D eigenvalue weighted by atomic mass is 10.3. The van der Waals surface area contributed by atoms with Gasteiger partial charge in [0.15, 0.2) is 0 Å². The van der Waals surface area contributed by atoms with Crippen LogP contribution in [-0.4, -0.2) is 15.2 Å². The summed E-state index contributed by atoms with van der Waals surface area (Å²) in [6.07, 6.45) is 1.69. The maximum Gasteiger partial charge on any atom is 0.315 e. The molecule has 0 bridgehead atoms. The zero-order valence-electron chi connectivity index (χ0n) is 8.07. The zero-order chi connectivity index (χ0) is 10.7. The number of anilines is 1. The zero-order valence-corrected chi connectivity index (χ0v) is 8.82. The van der Waals surface area contributed by atoms with Crippen LogP contribution < -0.4 is 5.32 Å². The van der Waals surface area contributed by atoms with Crippen molar-refractivity contribution in [3.63, 3.8) is 0 Å². The van der Waals surface area contributed by atoms with Crippen LogP contribution in [0.3, 0.4) is 0 Å². The third-order valence-electron chi connectivity index (χ3n) is 1.76. The van der Waals surface area contributed by atoms with E-state index >= 15 is 0 Å². The topological polar surface area (TPSA) is 63.8 Å². The van der Waals surface area contributed by atoms with Gasteiger partial charge in [-0.3, -0.25) is 0 Å². The van der Waals surface area contributed by atoms with Crippen molar-refractivity contribution in [1.82, 2.24) is 15.2 Å². The van der Waals surface area contributed by atoms with Crippen LogP contribution in [0.1, 0.15) is 11.5 Å². The van der Waals surface area contributed by atoms with Gasteiger partial charge in [0.1, 0.15) is 5.15 Å². The number of nitrogens with zero attached hydrogens (tertiary/aromatic N) is 3. The van der Waals surface area contributed by atoms with Gasteiger partial charge in [-0.25, -0.2) is 4.98 Å². The lowest BCUT2D eigenvalue weighted by Crippen LogP contribution is -1.99. The molecule has 5 nitrogen and oxygen atoms in total. The number of nitrogens with one attached hydrogen (secondary N) is 1. The summed E-state index contributed by atoms with van der Waals surface area (Å²) in [5, 5.41) is 11.0. The van der Waals surface area contributed by atoms with Crippen molar-refractivity contribution in [2.75, 3.05) is 5.32 Å². The van der Waals surface area contributed by atoms with Crippen molar-refractivity contribution < 1.29 is 4.42 Å². The summed E-state index contributed by atoms with van der Waals surface area (Å²) in [5.41, 5.74) is 0.996. The van der Waals surface area contributed by atoms with Crippen LogP contribution in [0, 0.1) is 6.92 Å². The molecule has 15 heavy (non-hydrogen) atoms. The Morgan fingerprint density at radius 2 is 2.27 bits per heavy atom. The molecule has 0 saturated heterocycles. The fraction of sp³-hybridized carbons (Fsp3) is 0.222. The Morgan fingerprint density at radius 3 is 2.87 bits per heavy atom. The standard InChI is InChI=1S/C9H9ClN4O/c1-6-13-14-9(15-6)12-5-7-2-3-8(10)11-4-7/h2-4H,5H2,1H3,(H,12,14). The van der Waals surface area contributed by atoms with Gasteiger partial charge in [-0.15, -0.1) is 5.10 Å². The molecule has 0 spiro atoms. The molecule has 0 amide bonds. The third-order valence-corrected chi connectivity index (χ3v) is 1.98. The van der Waals surface area contributed by atoms with Gasteiger partial charge in [0.25, 0.3) is 0 Å². The van der Waals surface area contributed by atoms with Crippen molar-refractivity contribution in [1.29, 1.82) is 0 Å². The van der Waals surface area contributed by atoms with Crippen LogP contribution >= 0.6 is 11.6 Å². The third kappa shape index (κ3) is 2.66. The van der Waals surface area contributed by atoms with Gasteiger partial charge in [-0.05, 0) is 11.6 Å². The second kappa shape index (κ2) is 4.27. The van der Waals surface area contributed by atoms with Crippen LogP contribution in [0.2, 0.25) is 5.15 Å². The smallest absolute Gasteiger partial charge is 0.315 e. The van der Waals surface area contributed by atoms with E-state index in [0.29, 0.717) is 23.6 Å². The summed E-state index contributed by atoms with van der Waals surface area (Å²) < 4.78 is 5.15. The Bertz CT molecular complexity index is 440. The molecule has 0 radical (unpaired) electrons. The van der Waals surface area contributed by atoms with Crippen LogP contribution in [0.5, 0.6) is 0 Å². The molecule has 0 aromatic carbocycles. The Labute approximate surface area is 91.5 Å². The van der Waals surface area contributed by atoms with E-state index in [2.05, 4.69) is 20.5 Å². The minimum absolute atomic E-state index is 0.405. The molecule has 0 saturated carbocycles. The molecule has 0 aliphatic heterocycles. The quantitative estimate of drug-likeness (QED) is 0.809. The van der Waals surface area contributed by atoms with E-state index in [9.17, 15) is 0 Å². The van der Waals surface area contributed by atoms with Gasteiger partial charge in [0, 0.05) is 19.7 Å². The first-order valence-corrected chi connectivity index (χ1v) is 4.76. The van der Waals surface area contributed by atoms with Crippen molar-refractivity contribution in [2.45, 2.75) is 13.5 Å². The first kappa shape index (κ1) is 9.92. The minimum atomic E-state index is 0.405. The van der Waals surface area contributed by atoms with E-state index in [1.807, 2.05) is 6.07 Å². The molecule has 6 heteroatoms. The molecule has 0 atom stereocenters. The van der Waals surface area contributed by atoms with E-state index in [0.717, 1.165) is 5.56 Å². The maximum atomic E-state index is 5.66. The predicted molar refractivity (Wildman–Crippen MR) is 55.6 cm³/mol. The number of hydrogen-bond acceptors (Lipinski definition) is 5. The summed E-state index contributed by atoms with van der Waals surface area (Å²) in [6, 6.07) is 4.02. The molecule has 2 aromatic rings. The predicted octanol–water partition coefficient (Wildman–Crippen LogP) is 2.04. The monoisotopic (exact) mass is 224 g/mol. The number of aryl methyl sites for hydroxylation is 1. The summed E-state index contributed by atoms with van der Waals surface area (Å²) in [4.78, 5) is 3.96. The second-order valence-electron chi connectivity index (χ2n) is 2.97. The van der Waals surface area contributed by atoms with Crippen LogP contribution in [0.25, 0.3) is 0 Å². The van der Waals surface area contributed by atoms with Gasteiger partial charge in [-0.2, -0.15) is 0 Å². The Morgan fingerprint density at radius 1 is 1.40 bits per heavy atom. The fourth-order valence-electron chi connectivity index (χ4n) is 1.06. The lowest BCUT2D eigenvalue weighted by molar-refractivity contribution is 0.530. The lowest BCUT2D eigenvalue weighted by Gasteiger charge is -2.00. The fourth-order valence-corrected chi connectivity index (χ4v) is 1.17. The molecule has 1 N–H and O–H groups in total. The average molecular weight is 225 g/mol. The number of hydrogen-bond donors (Lipinski definition) is 1. The maximum absolute atomic E-state index is 5.66. The van der Waals surface area contributed by atoms with E-state index in [1.54, 1.807) is 19.2 Å². The molecular weight excluding hydrogens is 216 g/mol. The summed E-state index contributed by atoms with van der Waals surface area (Å²) in [6.45, 7) is 2.31. The molecule has 0 aliphatic carbocycles. The molecule has 2 heterocycles. The van der Waals surface area contributed by atoms with E-state index in [4.69, 9.17) is 16.0 Å². The largest absolute Gasteiger partial charge is 0.408 e. The Kier molecular flexibility index (Phi) is 2.82. The first-order valence-electron chi connectivity index (χ1n) is 4.38. The number of halogens is 1. The highest BCUT2D eigenvalue weighted by atomic mass is 35.5. The molecule has 2 rings (SSSR count). The summed E-state index contributed by atoms with van der Waals surface area (Å²) in [7, 11) is 0. The molecule has 78 valence electrons. The normalized spacial score (nSPS) is 10.3. The molecular formula is C9H9ClN4O. The number of aromatic nitrogens is 3. The number of pyridine rings is 1. The van der Waals surface area contributed by atoms with Gasteiger partial charge in [0.2, 0.25) is 5.89 Å². The van der Waals surface area contributed by atoms with Gasteiger partial charge in [0.05, 0.1) is 0 Å². The molecule has 0 fully saturated rings. The van der Waals surface area contributed by atoms with Crippen molar-refractivity contribution in [2.24, 2.45) is 0 Å². The molecule has 0 unspecified atom stereocenters. The minimum Gasteiger partial charge on any atom is -0.408 e. The first-order chi connectivity index (χ1) is 7.24. The molecule has 2 aromatic heterocycles. The average Bonchev–Trinajstić information content (AvgIpc) is 2.64. The van der Waals surface area contributed by atoms with Crippen LogP contribution in [0.4, 0.5) is 6.01 Å².